The quantitative estimate of drug-likeness (QED) is 0.813. The van der Waals surface area contributed by atoms with Crippen molar-refractivity contribution in [2.45, 2.75) is 33.1 Å². The fraction of sp³-hybridized carbons (Fsp3) is 0.667. The predicted octanol–water partition coefficient (Wildman–Crippen LogP) is 2.44. The van der Waals surface area contributed by atoms with Gasteiger partial charge in [0.1, 0.15) is 0 Å². The summed E-state index contributed by atoms with van der Waals surface area (Å²) in [4.78, 5) is 21.4. The van der Waals surface area contributed by atoms with Crippen LogP contribution in [0.2, 0.25) is 0 Å². The van der Waals surface area contributed by atoms with Crippen LogP contribution in [-0.4, -0.2) is 29.1 Å². The summed E-state index contributed by atoms with van der Waals surface area (Å²) in [5, 5.41) is 4.89. The molecule has 94 valence electrons. The van der Waals surface area contributed by atoms with Gasteiger partial charge in [0.05, 0.1) is 10.4 Å². The minimum absolute atomic E-state index is 0.169. The molecule has 0 spiro atoms. The molecule has 1 aliphatic heterocycles. The molecular weight excluding hydrogens is 236 g/mol. The van der Waals surface area contributed by atoms with Crippen LogP contribution in [0.25, 0.3) is 0 Å². The van der Waals surface area contributed by atoms with Gasteiger partial charge in [-0.1, -0.05) is 0 Å². The predicted molar refractivity (Wildman–Crippen MR) is 66.6 cm³/mol. The molecule has 17 heavy (non-hydrogen) atoms. The lowest BCUT2D eigenvalue weighted by Gasteiger charge is -2.21. The maximum atomic E-state index is 11.7. The largest absolute Gasteiger partial charge is 0.367 e. The lowest BCUT2D eigenvalue weighted by Crippen LogP contribution is -2.32. The Morgan fingerprint density at radius 1 is 1.59 bits per heavy atom. The van der Waals surface area contributed by atoms with E-state index in [1.54, 1.807) is 16.4 Å². The molecule has 2 rings (SSSR count). The molecule has 1 aromatic rings. The fourth-order valence-corrected chi connectivity index (χ4v) is 2.47. The number of thiazole rings is 1. The highest BCUT2D eigenvalue weighted by Crippen LogP contribution is 2.29. The Bertz CT molecular complexity index is 384. The van der Waals surface area contributed by atoms with Crippen molar-refractivity contribution in [1.82, 2.24) is 10.0 Å². The lowest BCUT2D eigenvalue weighted by atomic mass is 9.98. The van der Waals surface area contributed by atoms with Crippen LogP contribution < -0.4 is 0 Å². The minimum Gasteiger partial charge on any atom is -0.367 e. The Hall–Kier alpha value is -0.940. The van der Waals surface area contributed by atoms with Gasteiger partial charge in [0.25, 0.3) is 0 Å². The summed E-state index contributed by atoms with van der Waals surface area (Å²) >= 11 is 1.67. The molecule has 0 bridgehead atoms. The van der Waals surface area contributed by atoms with E-state index >= 15 is 0 Å². The Morgan fingerprint density at radius 2 is 2.35 bits per heavy atom. The van der Waals surface area contributed by atoms with Crippen molar-refractivity contribution in [2.75, 3.05) is 13.1 Å². The summed E-state index contributed by atoms with van der Waals surface area (Å²) in [6.07, 6.45) is 2.83. The van der Waals surface area contributed by atoms with Gasteiger partial charge in [0, 0.05) is 30.6 Å². The molecule has 0 N–H and O–H groups in total. The third-order valence-electron chi connectivity index (χ3n) is 2.78. The topological polar surface area (TPSA) is 42.4 Å². The van der Waals surface area contributed by atoms with Gasteiger partial charge in [-0.15, -0.1) is 16.4 Å². The van der Waals surface area contributed by atoms with Gasteiger partial charge >= 0.3 is 5.97 Å². The zero-order valence-corrected chi connectivity index (χ0v) is 11.3. The molecule has 1 atom stereocenters. The fourth-order valence-electron chi connectivity index (χ4n) is 1.70. The Kier molecular flexibility index (Phi) is 3.49. The van der Waals surface area contributed by atoms with Gasteiger partial charge in [-0.3, -0.25) is 0 Å². The lowest BCUT2D eigenvalue weighted by molar-refractivity contribution is -0.195. The molecule has 1 aliphatic rings. The van der Waals surface area contributed by atoms with Crippen LogP contribution in [0.15, 0.2) is 11.6 Å². The average molecular weight is 254 g/mol. The van der Waals surface area contributed by atoms with Crippen LogP contribution in [0.4, 0.5) is 0 Å². The summed E-state index contributed by atoms with van der Waals surface area (Å²) in [6.45, 7) is 7.15. The van der Waals surface area contributed by atoms with Crippen molar-refractivity contribution < 1.29 is 9.63 Å². The third kappa shape index (κ3) is 3.04. The number of aromatic nitrogens is 1. The second-order valence-corrected chi connectivity index (χ2v) is 6.30. The normalized spacial score (nSPS) is 21.7. The minimum atomic E-state index is -0.445. The van der Waals surface area contributed by atoms with E-state index in [-0.39, 0.29) is 5.97 Å². The molecule has 0 saturated carbocycles. The molecular formula is C12H18N2O2S. The van der Waals surface area contributed by atoms with Crippen molar-refractivity contribution >= 4 is 17.3 Å². The highest BCUT2D eigenvalue weighted by Gasteiger charge is 2.31. The van der Waals surface area contributed by atoms with E-state index in [2.05, 4.69) is 4.98 Å². The Morgan fingerprint density at radius 3 is 2.94 bits per heavy atom. The highest BCUT2D eigenvalue weighted by atomic mass is 32.1. The molecule has 0 radical (unpaired) electrons. The van der Waals surface area contributed by atoms with Crippen LogP contribution in [-0.2, 0) is 9.63 Å². The Labute approximate surface area is 106 Å². The SMILES string of the molecule is CC(C)(C)C(=O)ON1CCC(c2nccs2)C1. The molecule has 1 saturated heterocycles. The van der Waals surface area contributed by atoms with Crippen LogP contribution in [0.3, 0.4) is 0 Å². The molecule has 1 aromatic heterocycles. The average Bonchev–Trinajstić information content (AvgIpc) is 2.83. The maximum Gasteiger partial charge on any atom is 0.330 e. The zero-order chi connectivity index (χ0) is 12.5. The molecule has 4 nitrogen and oxygen atoms in total. The number of rotatable bonds is 2. The van der Waals surface area contributed by atoms with Gasteiger partial charge < -0.3 is 4.84 Å². The first kappa shape index (κ1) is 12.5. The summed E-state index contributed by atoms with van der Waals surface area (Å²) in [5.41, 5.74) is -0.445. The number of carbonyl (C=O) groups excluding carboxylic acids is 1. The monoisotopic (exact) mass is 254 g/mol. The molecule has 1 fully saturated rings. The first-order valence-electron chi connectivity index (χ1n) is 5.83. The second-order valence-electron chi connectivity index (χ2n) is 5.37. The second kappa shape index (κ2) is 4.74. The van der Waals surface area contributed by atoms with E-state index < -0.39 is 5.41 Å². The first-order chi connectivity index (χ1) is 7.97. The van der Waals surface area contributed by atoms with Crippen molar-refractivity contribution in [2.24, 2.45) is 5.41 Å². The van der Waals surface area contributed by atoms with Crippen LogP contribution in [0.1, 0.15) is 38.1 Å². The van der Waals surface area contributed by atoms with Crippen molar-refractivity contribution in [3.63, 3.8) is 0 Å². The number of hydroxylamine groups is 2. The number of hydrogen-bond acceptors (Lipinski definition) is 5. The van der Waals surface area contributed by atoms with Crippen molar-refractivity contribution in [3.8, 4) is 0 Å². The summed E-state index contributed by atoms with van der Waals surface area (Å²) in [6, 6.07) is 0. The smallest absolute Gasteiger partial charge is 0.330 e. The molecule has 0 amide bonds. The van der Waals surface area contributed by atoms with Crippen LogP contribution in [0, 0.1) is 5.41 Å². The molecule has 0 aliphatic carbocycles. The first-order valence-corrected chi connectivity index (χ1v) is 6.71. The molecule has 0 aromatic carbocycles. The number of nitrogens with zero attached hydrogens (tertiary/aromatic N) is 2. The van der Waals surface area contributed by atoms with Crippen LogP contribution >= 0.6 is 11.3 Å². The van der Waals surface area contributed by atoms with Crippen molar-refractivity contribution in [3.05, 3.63) is 16.6 Å². The van der Waals surface area contributed by atoms with Gasteiger partial charge in [0.15, 0.2) is 0 Å². The van der Waals surface area contributed by atoms with Gasteiger partial charge in [0.2, 0.25) is 0 Å². The summed E-state index contributed by atoms with van der Waals surface area (Å²) in [7, 11) is 0. The zero-order valence-electron chi connectivity index (χ0n) is 10.5. The number of hydrogen-bond donors (Lipinski definition) is 0. The summed E-state index contributed by atoms with van der Waals surface area (Å²) < 4.78 is 0. The molecule has 1 unspecified atom stereocenters. The van der Waals surface area contributed by atoms with Crippen molar-refractivity contribution in [1.29, 1.82) is 0 Å². The molecule has 5 heteroatoms. The standard InChI is InChI=1S/C12H18N2O2S/c1-12(2,3)11(15)16-14-6-4-9(8-14)10-13-5-7-17-10/h5,7,9H,4,6,8H2,1-3H3. The van der Waals surface area contributed by atoms with Crippen LogP contribution in [0.5, 0.6) is 0 Å². The van der Waals surface area contributed by atoms with E-state index in [4.69, 9.17) is 4.84 Å². The van der Waals surface area contributed by atoms with E-state index in [1.165, 1.54) is 0 Å². The number of carbonyl (C=O) groups is 1. The maximum absolute atomic E-state index is 11.7. The highest BCUT2D eigenvalue weighted by molar-refractivity contribution is 7.09. The van der Waals surface area contributed by atoms with E-state index in [0.717, 1.165) is 24.5 Å². The van der Waals surface area contributed by atoms with Gasteiger partial charge in [-0.2, -0.15) is 0 Å². The van der Waals surface area contributed by atoms with Gasteiger partial charge in [-0.05, 0) is 27.2 Å². The summed E-state index contributed by atoms with van der Waals surface area (Å²) in [5.74, 6) is 0.236. The van der Waals surface area contributed by atoms with E-state index in [9.17, 15) is 4.79 Å². The van der Waals surface area contributed by atoms with Gasteiger partial charge in [-0.25, -0.2) is 9.78 Å². The Balaban J connectivity index is 1.89. The van der Waals surface area contributed by atoms with E-state index in [1.807, 2.05) is 32.3 Å². The third-order valence-corrected chi connectivity index (χ3v) is 3.71. The molecule has 2 heterocycles. The van der Waals surface area contributed by atoms with E-state index in [0.29, 0.717) is 5.92 Å².